The average molecular weight is 378 g/mol. The summed E-state index contributed by atoms with van der Waals surface area (Å²) in [4.78, 5) is 23.0. The number of halogens is 1. The van der Waals surface area contributed by atoms with Gasteiger partial charge in [0.25, 0.3) is 5.91 Å². The number of carbonyl (C=O) groups excluding carboxylic acids is 1. The summed E-state index contributed by atoms with van der Waals surface area (Å²) >= 11 is 0. The summed E-state index contributed by atoms with van der Waals surface area (Å²) in [5.74, 6) is -0.0237. The van der Waals surface area contributed by atoms with Crippen LogP contribution in [0.1, 0.15) is 22.0 Å². The Morgan fingerprint density at radius 3 is 2.50 bits per heavy atom. The third-order valence-corrected chi connectivity index (χ3v) is 4.52. The van der Waals surface area contributed by atoms with E-state index >= 15 is 0 Å². The van der Waals surface area contributed by atoms with Crippen molar-refractivity contribution in [2.75, 3.05) is 25.0 Å². The Bertz CT molecular complexity index is 933. The molecule has 7 heteroatoms. The van der Waals surface area contributed by atoms with Crippen LogP contribution < -0.4 is 5.32 Å². The highest BCUT2D eigenvalue weighted by Crippen LogP contribution is 2.23. The lowest BCUT2D eigenvalue weighted by atomic mass is 10.1. The van der Waals surface area contributed by atoms with Crippen LogP contribution in [-0.4, -0.2) is 40.5 Å². The number of morpholine rings is 1. The molecule has 1 N–H and O–H groups in total. The van der Waals surface area contributed by atoms with E-state index in [1.807, 2.05) is 30.3 Å². The second-order valence-corrected chi connectivity index (χ2v) is 6.45. The monoisotopic (exact) mass is 378 g/mol. The van der Waals surface area contributed by atoms with Gasteiger partial charge in [-0.2, -0.15) is 0 Å². The van der Waals surface area contributed by atoms with Gasteiger partial charge in [0.1, 0.15) is 11.9 Å². The molecule has 0 aliphatic carbocycles. The molecule has 1 fully saturated rings. The van der Waals surface area contributed by atoms with E-state index in [0.717, 1.165) is 11.3 Å². The van der Waals surface area contributed by atoms with Crippen LogP contribution >= 0.6 is 0 Å². The lowest BCUT2D eigenvalue weighted by Gasteiger charge is -2.33. The van der Waals surface area contributed by atoms with Crippen molar-refractivity contribution in [1.29, 1.82) is 0 Å². The summed E-state index contributed by atoms with van der Waals surface area (Å²) < 4.78 is 18.9. The number of anilines is 2. The standard InChI is InChI=1S/C21H19FN4O2/c22-17-8-6-15(7-9-17)19-14-26(10-11-28-19)20(27)16-12-23-21(24-13-16)25-18-4-2-1-3-5-18/h1-9,12-13,19H,10-11,14H2,(H,23,24,25). The minimum absolute atomic E-state index is 0.151. The summed E-state index contributed by atoms with van der Waals surface area (Å²) in [6.45, 7) is 1.30. The predicted molar refractivity (Wildman–Crippen MR) is 103 cm³/mol. The molecule has 6 nitrogen and oxygen atoms in total. The van der Waals surface area contributed by atoms with Crippen molar-refractivity contribution in [1.82, 2.24) is 14.9 Å². The number of hydrogen-bond acceptors (Lipinski definition) is 5. The number of aromatic nitrogens is 2. The molecule has 1 saturated heterocycles. The second kappa shape index (κ2) is 8.14. The maximum atomic E-state index is 13.1. The molecule has 1 atom stereocenters. The topological polar surface area (TPSA) is 67.4 Å². The lowest BCUT2D eigenvalue weighted by Crippen LogP contribution is -2.42. The van der Waals surface area contributed by atoms with Crippen LogP contribution in [-0.2, 0) is 4.74 Å². The summed E-state index contributed by atoms with van der Waals surface area (Å²) in [6, 6.07) is 15.7. The number of hydrogen-bond donors (Lipinski definition) is 1. The fourth-order valence-electron chi connectivity index (χ4n) is 3.05. The van der Waals surface area contributed by atoms with Crippen molar-refractivity contribution in [3.63, 3.8) is 0 Å². The van der Waals surface area contributed by atoms with Crippen molar-refractivity contribution >= 4 is 17.5 Å². The van der Waals surface area contributed by atoms with E-state index in [4.69, 9.17) is 4.74 Å². The molecule has 3 aromatic rings. The fourth-order valence-corrected chi connectivity index (χ4v) is 3.05. The zero-order valence-electron chi connectivity index (χ0n) is 15.1. The van der Waals surface area contributed by atoms with Gasteiger partial charge in [-0.3, -0.25) is 4.79 Å². The first-order valence-corrected chi connectivity index (χ1v) is 8.99. The third-order valence-electron chi connectivity index (χ3n) is 4.52. The van der Waals surface area contributed by atoms with E-state index in [0.29, 0.717) is 31.2 Å². The summed E-state index contributed by atoms with van der Waals surface area (Å²) in [7, 11) is 0. The van der Waals surface area contributed by atoms with E-state index < -0.39 is 0 Å². The molecule has 28 heavy (non-hydrogen) atoms. The summed E-state index contributed by atoms with van der Waals surface area (Å²) in [6.07, 6.45) is 2.75. The average Bonchev–Trinajstić information content (AvgIpc) is 2.75. The van der Waals surface area contributed by atoms with Gasteiger partial charge >= 0.3 is 0 Å². The molecule has 0 saturated carbocycles. The van der Waals surface area contributed by atoms with Gasteiger partial charge in [-0.1, -0.05) is 30.3 Å². The quantitative estimate of drug-likeness (QED) is 0.752. The Kier molecular flexibility index (Phi) is 5.25. The van der Waals surface area contributed by atoms with E-state index in [2.05, 4.69) is 15.3 Å². The Morgan fingerprint density at radius 1 is 1.07 bits per heavy atom. The van der Waals surface area contributed by atoms with Gasteiger partial charge in [-0.15, -0.1) is 0 Å². The Morgan fingerprint density at radius 2 is 1.79 bits per heavy atom. The number of para-hydroxylation sites is 1. The van der Waals surface area contributed by atoms with Crippen LogP contribution in [0.3, 0.4) is 0 Å². The van der Waals surface area contributed by atoms with Crippen molar-refractivity contribution in [2.45, 2.75) is 6.10 Å². The Balaban J connectivity index is 1.42. The highest BCUT2D eigenvalue weighted by Gasteiger charge is 2.26. The molecule has 1 aromatic heterocycles. The smallest absolute Gasteiger partial charge is 0.257 e. The molecule has 1 unspecified atom stereocenters. The minimum Gasteiger partial charge on any atom is -0.370 e. The number of benzene rings is 2. The number of nitrogens with one attached hydrogen (secondary N) is 1. The highest BCUT2D eigenvalue weighted by molar-refractivity contribution is 5.93. The molecule has 0 radical (unpaired) electrons. The first-order chi connectivity index (χ1) is 13.7. The SMILES string of the molecule is O=C(c1cnc(Nc2ccccc2)nc1)N1CCOC(c2ccc(F)cc2)C1. The maximum Gasteiger partial charge on any atom is 0.257 e. The van der Waals surface area contributed by atoms with Crippen LogP contribution in [0.5, 0.6) is 0 Å². The molecular formula is C21H19FN4O2. The van der Waals surface area contributed by atoms with Crippen molar-refractivity contribution in [3.05, 3.63) is 83.9 Å². The van der Waals surface area contributed by atoms with Gasteiger partial charge in [0.15, 0.2) is 0 Å². The molecule has 1 aliphatic rings. The van der Waals surface area contributed by atoms with Crippen LogP contribution in [0.2, 0.25) is 0 Å². The minimum atomic E-state index is -0.297. The molecular weight excluding hydrogens is 359 g/mol. The van der Waals surface area contributed by atoms with E-state index in [-0.39, 0.29) is 17.8 Å². The van der Waals surface area contributed by atoms with E-state index in [9.17, 15) is 9.18 Å². The Hall–Kier alpha value is -3.32. The molecule has 142 valence electrons. The normalized spacial score (nSPS) is 16.6. The first-order valence-electron chi connectivity index (χ1n) is 8.99. The van der Waals surface area contributed by atoms with Crippen molar-refractivity contribution in [3.8, 4) is 0 Å². The van der Waals surface area contributed by atoms with Gasteiger partial charge in [-0.05, 0) is 29.8 Å². The van der Waals surface area contributed by atoms with Gasteiger partial charge in [0.05, 0.1) is 18.7 Å². The molecule has 1 amide bonds. The summed E-state index contributed by atoms with van der Waals surface area (Å²) in [5, 5.41) is 3.08. The Labute approximate surface area is 162 Å². The van der Waals surface area contributed by atoms with Gasteiger partial charge in [0, 0.05) is 24.6 Å². The second-order valence-electron chi connectivity index (χ2n) is 6.45. The van der Waals surface area contributed by atoms with Crippen molar-refractivity contribution in [2.24, 2.45) is 0 Å². The number of nitrogens with zero attached hydrogens (tertiary/aromatic N) is 3. The number of ether oxygens (including phenoxy) is 1. The zero-order chi connectivity index (χ0) is 19.3. The van der Waals surface area contributed by atoms with Gasteiger partial charge in [0.2, 0.25) is 5.95 Å². The predicted octanol–water partition coefficient (Wildman–Crippen LogP) is 3.57. The van der Waals surface area contributed by atoms with Gasteiger partial charge < -0.3 is 15.0 Å². The van der Waals surface area contributed by atoms with Crippen LogP contribution in [0.25, 0.3) is 0 Å². The number of carbonyl (C=O) groups is 1. The molecule has 2 aromatic carbocycles. The third kappa shape index (κ3) is 4.15. The molecule has 4 rings (SSSR count). The van der Waals surface area contributed by atoms with Crippen LogP contribution in [0, 0.1) is 5.82 Å². The molecule has 2 heterocycles. The molecule has 0 bridgehead atoms. The first kappa shape index (κ1) is 18.1. The largest absolute Gasteiger partial charge is 0.370 e. The van der Waals surface area contributed by atoms with E-state index in [1.54, 1.807) is 17.0 Å². The molecule has 1 aliphatic heterocycles. The number of rotatable bonds is 4. The number of amides is 1. The maximum absolute atomic E-state index is 13.1. The van der Waals surface area contributed by atoms with Crippen LogP contribution in [0.15, 0.2) is 67.0 Å². The summed E-state index contributed by atoms with van der Waals surface area (Å²) in [5.41, 5.74) is 2.13. The molecule has 0 spiro atoms. The highest BCUT2D eigenvalue weighted by atomic mass is 19.1. The zero-order valence-corrected chi connectivity index (χ0v) is 15.1. The van der Waals surface area contributed by atoms with Crippen LogP contribution in [0.4, 0.5) is 16.0 Å². The fraction of sp³-hybridized carbons (Fsp3) is 0.190. The van der Waals surface area contributed by atoms with E-state index in [1.165, 1.54) is 24.5 Å². The van der Waals surface area contributed by atoms with Crippen molar-refractivity contribution < 1.29 is 13.9 Å². The van der Waals surface area contributed by atoms with Gasteiger partial charge in [-0.25, -0.2) is 14.4 Å². The lowest BCUT2D eigenvalue weighted by molar-refractivity contribution is -0.0228.